The molecule has 0 aromatic heterocycles. The predicted molar refractivity (Wildman–Crippen MR) is 45.6 cm³/mol. The monoisotopic (exact) mass is 170 g/mol. The van der Waals surface area contributed by atoms with Crippen molar-refractivity contribution >= 4 is 5.97 Å². The van der Waals surface area contributed by atoms with E-state index in [1.54, 1.807) is 0 Å². The lowest BCUT2D eigenvalue weighted by Crippen LogP contribution is -2.18. The van der Waals surface area contributed by atoms with Gasteiger partial charge in [-0.25, -0.2) is 4.79 Å². The van der Waals surface area contributed by atoms with E-state index in [9.17, 15) is 4.79 Å². The Morgan fingerprint density at radius 1 is 1.50 bits per heavy atom. The molecule has 0 spiro atoms. The Labute approximate surface area is 72.4 Å². The van der Waals surface area contributed by atoms with E-state index in [1.165, 1.54) is 0 Å². The Morgan fingerprint density at radius 2 is 2.17 bits per heavy atom. The van der Waals surface area contributed by atoms with E-state index in [4.69, 9.17) is 10.2 Å². The molecule has 0 unspecified atom stereocenters. The quantitative estimate of drug-likeness (QED) is 0.489. The number of hydrogen-bond acceptors (Lipinski definition) is 2. The third-order valence-electron chi connectivity index (χ3n) is 1.36. The van der Waals surface area contributed by atoms with Gasteiger partial charge in [0.05, 0.1) is 0 Å². The molecule has 0 amide bonds. The van der Waals surface area contributed by atoms with E-state index in [0.29, 0.717) is 0 Å². The number of carbonyl (C=O) groups is 1. The van der Waals surface area contributed by atoms with Crippen LogP contribution in [0.15, 0.2) is 0 Å². The van der Waals surface area contributed by atoms with E-state index < -0.39 is 12.1 Å². The summed E-state index contributed by atoms with van der Waals surface area (Å²) in [7, 11) is 0. The summed E-state index contributed by atoms with van der Waals surface area (Å²) < 4.78 is 0. The summed E-state index contributed by atoms with van der Waals surface area (Å²) in [5.41, 5.74) is 0. The number of aliphatic hydroxyl groups is 1. The van der Waals surface area contributed by atoms with Crippen LogP contribution < -0.4 is 0 Å². The normalized spacial score (nSPS) is 11.5. The maximum absolute atomic E-state index is 10.1. The molecule has 3 nitrogen and oxygen atoms in total. The van der Waals surface area contributed by atoms with Crippen LogP contribution in [0.5, 0.6) is 0 Å². The molecular formula is C9H14O3. The zero-order valence-corrected chi connectivity index (χ0v) is 7.21. The van der Waals surface area contributed by atoms with Gasteiger partial charge in [0, 0.05) is 12.8 Å². The summed E-state index contributed by atoms with van der Waals surface area (Å²) in [4.78, 5) is 10.1. The zero-order valence-electron chi connectivity index (χ0n) is 7.21. The molecule has 1 atom stereocenters. The summed E-state index contributed by atoms with van der Waals surface area (Å²) in [5.74, 6) is 4.21. The van der Waals surface area contributed by atoms with Gasteiger partial charge in [0.25, 0.3) is 0 Å². The average molecular weight is 170 g/mol. The minimum absolute atomic E-state index is 0.0268. The van der Waals surface area contributed by atoms with E-state index >= 15 is 0 Å². The van der Waals surface area contributed by atoms with Crippen molar-refractivity contribution in [3.8, 4) is 11.8 Å². The highest BCUT2D eigenvalue weighted by molar-refractivity contribution is 5.72. The minimum atomic E-state index is -1.33. The van der Waals surface area contributed by atoms with Crippen molar-refractivity contribution in [2.75, 3.05) is 0 Å². The van der Waals surface area contributed by atoms with Gasteiger partial charge in [0.2, 0.25) is 0 Å². The van der Waals surface area contributed by atoms with Gasteiger partial charge in [-0.3, -0.25) is 0 Å². The van der Waals surface area contributed by atoms with Gasteiger partial charge in [-0.15, -0.1) is 5.92 Å². The highest BCUT2D eigenvalue weighted by Crippen LogP contribution is 1.93. The number of aliphatic carboxylic acids is 1. The minimum Gasteiger partial charge on any atom is -0.479 e. The number of carboxylic acids is 1. The second-order valence-electron chi connectivity index (χ2n) is 2.52. The molecular weight excluding hydrogens is 156 g/mol. The fourth-order valence-electron chi connectivity index (χ4n) is 0.610. The SMILES string of the molecule is CCCCC#CC[C@@H](O)C(=O)O. The Kier molecular flexibility index (Phi) is 6.12. The highest BCUT2D eigenvalue weighted by atomic mass is 16.4. The van der Waals surface area contributed by atoms with Crippen molar-refractivity contribution in [2.45, 2.75) is 38.7 Å². The highest BCUT2D eigenvalue weighted by Gasteiger charge is 2.09. The first-order chi connectivity index (χ1) is 5.68. The average Bonchev–Trinajstić information content (AvgIpc) is 2.03. The van der Waals surface area contributed by atoms with Crippen LogP contribution in [0, 0.1) is 11.8 Å². The second kappa shape index (κ2) is 6.68. The first-order valence-electron chi connectivity index (χ1n) is 4.05. The van der Waals surface area contributed by atoms with Crippen LogP contribution in [0.3, 0.4) is 0 Å². The first kappa shape index (κ1) is 11.0. The largest absolute Gasteiger partial charge is 0.479 e. The van der Waals surface area contributed by atoms with Gasteiger partial charge in [0.1, 0.15) is 0 Å². The van der Waals surface area contributed by atoms with Crippen molar-refractivity contribution in [3.63, 3.8) is 0 Å². The van der Waals surface area contributed by atoms with E-state index in [0.717, 1.165) is 19.3 Å². The van der Waals surface area contributed by atoms with Crippen LogP contribution in [0.2, 0.25) is 0 Å². The lowest BCUT2D eigenvalue weighted by Gasteiger charge is -1.96. The molecule has 0 fully saturated rings. The summed E-state index contributed by atoms with van der Waals surface area (Å²) in [6.07, 6.45) is 1.58. The van der Waals surface area contributed by atoms with Crippen LogP contribution in [0.25, 0.3) is 0 Å². The smallest absolute Gasteiger partial charge is 0.333 e. The summed E-state index contributed by atoms with van der Waals surface area (Å²) in [6, 6.07) is 0. The molecule has 0 aromatic rings. The molecule has 0 radical (unpaired) electrons. The van der Waals surface area contributed by atoms with Gasteiger partial charge < -0.3 is 10.2 Å². The van der Waals surface area contributed by atoms with Crippen LogP contribution in [-0.4, -0.2) is 22.3 Å². The van der Waals surface area contributed by atoms with E-state index in [-0.39, 0.29) is 6.42 Å². The Hall–Kier alpha value is -1.01. The number of unbranched alkanes of at least 4 members (excludes halogenated alkanes) is 2. The van der Waals surface area contributed by atoms with Crippen molar-refractivity contribution < 1.29 is 15.0 Å². The summed E-state index contributed by atoms with van der Waals surface area (Å²) in [5, 5.41) is 17.0. The lowest BCUT2D eigenvalue weighted by molar-refractivity contribution is -0.146. The van der Waals surface area contributed by atoms with Crippen molar-refractivity contribution in [2.24, 2.45) is 0 Å². The second-order valence-corrected chi connectivity index (χ2v) is 2.52. The van der Waals surface area contributed by atoms with Crippen LogP contribution in [-0.2, 0) is 4.79 Å². The third kappa shape index (κ3) is 5.75. The van der Waals surface area contributed by atoms with Crippen LogP contribution >= 0.6 is 0 Å². The lowest BCUT2D eigenvalue weighted by atomic mass is 10.2. The molecule has 0 aliphatic heterocycles. The maximum atomic E-state index is 10.1. The fraction of sp³-hybridized carbons (Fsp3) is 0.667. The number of carboxylic acid groups (broad SMARTS) is 1. The van der Waals surface area contributed by atoms with Gasteiger partial charge in [-0.1, -0.05) is 19.3 Å². The molecule has 3 heteroatoms. The molecule has 0 aliphatic carbocycles. The van der Waals surface area contributed by atoms with Crippen LogP contribution in [0.1, 0.15) is 32.6 Å². The Morgan fingerprint density at radius 3 is 2.67 bits per heavy atom. The molecule has 68 valence electrons. The Bertz CT molecular complexity index is 188. The van der Waals surface area contributed by atoms with Gasteiger partial charge in [-0.2, -0.15) is 0 Å². The maximum Gasteiger partial charge on any atom is 0.333 e. The van der Waals surface area contributed by atoms with Gasteiger partial charge in [-0.05, 0) is 6.42 Å². The standard InChI is InChI=1S/C9H14O3/c1-2-3-4-5-6-7-8(10)9(11)12/h8,10H,2-4,7H2,1H3,(H,11,12)/t8-/m1/s1. The van der Waals surface area contributed by atoms with Crippen molar-refractivity contribution in [3.05, 3.63) is 0 Å². The predicted octanol–water partition coefficient (Wildman–Crippen LogP) is 1.02. The fourth-order valence-corrected chi connectivity index (χ4v) is 0.610. The number of rotatable bonds is 4. The van der Waals surface area contributed by atoms with Gasteiger partial charge in [0.15, 0.2) is 6.10 Å². The zero-order chi connectivity index (χ0) is 9.40. The summed E-state index contributed by atoms with van der Waals surface area (Å²) >= 11 is 0. The van der Waals surface area contributed by atoms with Gasteiger partial charge >= 0.3 is 5.97 Å². The van der Waals surface area contributed by atoms with Crippen molar-refractivity contribution in [1.29, 1.82) is 0 Å². The van der Waals surface area contributed by atoms with Crippen molar-refractivity contribution in [1.82, 2.24) is 0 Å². The first-order valence-corrected chi connectivity index (χ1v) is 4.05. The molecule has 0 heterocycles. The number of aliphatic hydroxyl groups excluding tert-OH is 1. The molecule has 0 rings (SSSR count). The van der Waals surface area contributed by atoms with E-state index in [2.05, 4.69) is 18.8 Å². The van der Waals surface area contributed by atoms with E-state index in [1.807, 2.05) is 0 Å². The molecule has 2 N–H and O–H groups in total. The molecule has 12 heavy (non-hydrogen) atoms. The Balaban J connectivity index is 3.49. The molecule has 0 aliphatic rings. The molecule has 0 saturated carbocycles. The third-order valence-corrected chi connectivity index (χ3v) is 1.36. The molecule has 0 saturated heterocycles. The van der Waals surface area contributed by atoms with Crippen LogP contribution in [0.4, 0.5) is 0 Å². The molecule has 0 aromatic carbocycles. The topological polar surface area (TPSA) is 57.5 Å². The summed E-state index contributed by atoms with van der Waals surface area (Å²) in [6.45, 7) is 2.06. The molecule has 0 bridgehead atoms. The number of hydrogen-bond donors (Lipinski definition) is 2.